The molecule has 0 unspecified atom stereocenters. The lowest BCUT2D eigenvalue weighted by atomic mass is 9.93. The number of anilines is 1. The number of aromatic nitrogens is 2. The number of nitrogens with zero attached hydrogens (tertiary/aromatic N) is 2. The van der Waals surface area contributed by atoms with Crippen molar-refractivity contribution < 1.29 is 23.4 Å². The van der Waals surface area contributed by atoms with Gasteiger partial charge in [-0.25, -0.2) is 14.4 Å². The summed E-state index contributed by atoms with van der Waals surface area (Å²) >= 11 is 0. The summed E-state index contributed by atoms with van der Waals surface area (Å²) in [6.07, 6.45) is 3.02. The second kappa shape index (κ2) is 10.1. The predicted octanol–water partition coefficient (Wildman–Crippen LogP) is 2.32. The van der Waals surface area contributed by atoms with Crippen molar-refractivity contribution in [2.45, 2.75) is 44.0 Å². The average Bonchev–Trinajstić information content (AvgIpc) is 2.88. The van der Waals surface area contributed by atoms with Crippen LogP contribution in [0.5, 0.6) is 11.5 Å². The Morgan fingerprint density at radius 3 is 3.00 bits per heavy atom. The Kier molecular flexibility index (Phi) is 6.76. The standard InChI is InChI=1S/C25H28FN5O4/c1-33-21-4-2-3-16-17(18(26)11-29-24(16)21)9-19(27)20-7-6-15(12-34-20)28-10-14-5-8-22-25(30-14)31-23(32)13-35-22/h2-5,8,11,15,19-20,28H,6-7,9-10,12-13,27H2,1H3,(H,30,31,32)/t15-,19-,20+/m1/s1. The summed E-state index contributed by atoms with van der Waals surface area (Å²) in [4.78, 5) is 20.2. The van der Waals surface area contributed by atoms with E-state index in [1.165, 1.54) is 6.20 Å². The van der Waals surface area contributed by atoms with Gasteiger partial charge in [-0.1, -0.05) is 12.1 Å². The van der Waals surface area contributed by atoms with Crippen molar-refractivity contribution in [1.29, 1.82) is 0 Å². The van der Waals surface area contributed by atoms with E-state index in [0.717, 1.165) is 18.5 Å². The van der Waals surface area contributed by atoms with Crippen molar-refractivity contribution in [3.8, 4) is 11.5 Å². The quantitative estimate of drug-likeness (QED) is 0.470. The van der Waals surface area contributed by atoms with Crippen LogP contribution in [0.1, 0.15) is 24.1 Å². The van der Waals surface area contributed by atoms with Gasteiger partial charge < -0.3 is 30.6 Å². The largest absolute Gasteiger partial charge is 0.494 e. The third kappa shape index (κ3) is 5.04. The van der Waals surface area contributed by atoms with Gasteiger partial charge >= 0.3 is 0 Å². The lowest BCUT2D eigenvalue weighted by Gasteiger charge is -2.33. The summed E-state index contributed by atoms with van der Waals surface area (Å²) in [5.74, 6) is 1.03. The molecule has 1 saturated heterocycles. The number of rotatable bonds is 7. The van der Waals surface area contributed by atoms with Gasteiger partial charge in [-0.15, -0.1) is 0 Å². The number of hydrogen-bond donors (Lipinski definition) is 3. The third-order valence-corrected chi connectivity index (χ3v) is 6.47. The molecule has 2 aromatic heterocycles. The maximum Gasteiger partial charge on any atom is 0.263 e. The fourth-order valence-corrected chi connectivity index (χ4v) is 4.59. The summed E-state index contributed by atoms with van der Waals surface area (Å²) in [6, 6.07) is 8.93. The highest BCUT2D eigenvalue weighted by Gasteiger charge is 2.28. The fourth-order valence-electron chi connectivity index (χ4n) is 4.59. The number of ether oxygens (including phenoxy) is 3. The van der Waals surface area contributed by atoms with E-state index in [9.17, 15) is 9.18 Å². The Hall–Kier alpha value is -3.34. The normalized spacial score (nSPS) is 20.6. The highest BCUT2D eigenvalue weighted by atomic mass is 19.1. The summed E-state index contributed by atoms with van der Waals surface area (Å²) < 4.78 is 31.5. The molecule has 35 heavy (non-hydrogen) atoms. The first-order valence-corrected chi connectivity index (χ1v) is 11.6. The molecule has 0 saturated carbocycles. The highest BCUT2D eigenvalue weighted by Crippen LogP contribution is 2.29. The molecule has 0 spiro atoms. The summed E-state index contributed by atoms with van der Waals surface area (Å²) in [6.45, 7) is 1.04. The number of pyridine rings is 2. The van der Waals surface area contributed by atoms with E-state index in [4.69, 9.17) is 19.9 Å². The van der Waals surface area contributed by atoms with Crippen LogP contribution in [0.3, 0.4) is 0 Å². The predicted molar refractivity (Wildman–Crippen MR) is 128 cm³/mol. The third-order valence-electron chi connectivity index (χ3n) is 6.47. The molecule has 2 aliphatic rings. The van der Waals surface area contributed by atoms with Crippen LogP contribution in [0.2, 0.25) is 0 Å². The minimum absolute atomic E-state index is 0.00715. The highest BCUT2D eigenvalue weighted by molar-refractivity contribution is 5.94. The topological polar surface area (TPSA) is 121 Å². The summed E-state index contributed by atoms with van der Waals surface area (Å²) in [5, 5.41) is 6.87. The van der Waals surface area contributed by atoms with E-state index < -0.39 is 0 Å². The minimum Gasteiger partial charge on any atom is -0.494 e. The molecule has 0 aliphatic carbocycles. The van der Waals surface area contributed by atoms with Gasteiger partial charge in [0.2, 0.25) is 0 Å². The molecule has 2 aliphatic heterocycles. The van der Waals surface area contributed by atoms with Crippen LogP contribution in [-0.2, 0) is 22.5 Å². The van der Waals surface area contributed by atoms with Crippen molar-refractivity contribution in [1.82, 2.24) is 15.3 Å². The van der Waals surface area contributed by atoms with Crippen LogP contribution in [-0.4, -0.2) is 54.4 Å². The molecule has 0 radical (unpaired) electrons. The lowest BCUT2D eigenvalue weighted by molar-refractivity contribution is -0.118. The monoisotopic (exact) mass is 481 g/mol. The minimum atomic E-state index is -0.379. The number of methoxy groups -OCH3 is 1. The zero-order valence-corrected chi connectivity index (χ0v) is 19.4. The molecule has 4 heterocycles. The lowest BCUT2D eigenvalue weighted by Crippen LogP contribution is -2.47. The molecule has 3 aromatic rings. The number of carbonyl (C=O) groups is 1. The molecule has 1 amide bonds. The van der Waals surface area contributed by atoms with E-state index in [-0.39, 0.29) is 36.5 Å². The average molecular weight is 482 g/mol. The van der Waals surface area contributed by atoms with Gasteiger partial charge in [-0.2, -0.15) is 0 Å². The molecule has 3 atom stereocenters. The number of carbonyl (C=O) groups excluding carboxylic acids is 1. The van der Waals surface area contributed by atoms with Crippen LogP contribution in [0.4, 0.5) is 10.2 Å². The zero-order chi connectivity index (χ0) is 24.4. The molecule has 184 valence electrons. The van der Waals surface area contributed by atoms with Crippen molar-refractivity contribution in [3.63, 3.8) is 0 Å². The smallest absolute Gasteiger partial charge is 0.263 e. The van der Waals surface area contributed by atoms with E-state index in [2.05, 4.69) is 20.6 Å². The SMILES string of the molecule is COc1cccc2c(C[C@@H](N)[C@@H]3CC[C@@H](NCc4ccc5c(n4)NC(=O)CO5)CO3)c(F)cnc12. The van der Waals surface area contributed by atoms with Crippen LogP contribution in [0.15, 0.2) is 36.5 Å². The first-order chi connectivity index (χ1) is 17.0. The number of nitrogens with two attached hydrogens (primary N) is 1. The van der Waals surface area contributed by atoms with Gasteiger partial charge in [0.05, 0.1) is 31.7 Å². The number of fused-ring (bicyclic) bond motifs is 2. The number of amides is 1. The molecule has 1 aromatic carbocycles. The molecule has 4 N–H and O–H groups in total. The van der Waals surface area contributed by atoms with Crippen LogP contribution in [0.25, 0.3) is 10.9 Å². The van der Waals surface area contributed by atoms with E-state index in [0.29, 0.717) is 53.4 Å². The Morgan fingerprint density at radius 1 is 1.31 bits per heavy atom. The summed E-state index contributed by atoms with van der Waals surface area (Å²) in [7, 11) is 1.57. The first kappa shape index (κ1) is 23.4. The van der Waals surface area contributed by atoms with Crippen molar-refractivity contribution in [2.75, 3.05) is 25.6 Å². The molecule has 5 rings (SSSR count). The Morgan fingerprint density at radius 2 is 2.20 bits per heavy atom. The fraction of sp³-hybridized carbons (Fsp3) is 0.400. The Bertz CT molecular complexity index is 1230. The van der Waals surface area contributed by atoms with Gasteiger partial charge in [0.25, 0.3) is 5.91 Å². The second-order valence-electron chi connectivity index (χ2n) is 8.82. The van der Waals surface area contributed by atoms with Crippen molar-refractivity contribution in [3.05, 3.63) is 53.6 Å². The number of benzene rings is 1. The number of para-hydroxylation sites is 1. The van der Waals surface area contributed by atoms with Crippen LogP contribution >= 0.6 is 0 Å². The molecular formula is C25H28FN5O4. The molecular weight excluding hydrogens is 453 g/mol. The Labute approximate surface area is 202 Å². The van der Waals surface area contributed by atoms with Gasteiger partial charge in [0, 0.05) is 29.6 Å². The van der Waals surface area contributed by atoms with Crippen molar-refractivity contribution in [2.24, 2.45) is 5.73 Å². The number of nitrogens with one attached hydrogen (secondary N) is 2. The van der Waals surface area contributed by atoms with Gasteiger partial charge in [-0.05, 0) is 37.5 Å². The van der Waals surface area contributed by atoms with E-state index in [1.54, 1.807) is 13.2 Å². The van der Waals surface area contributed by atoms with Crippen LogP contribution in [0, 0.1) is 5.82 Å². The molecule has 1 fully saturated rings. The van der Waals surface area contributed by atoms with E-state index in [1.807, 2.05) is 24.3 Å². The summed E-state index contributed by atoms with van der Waals surface area (Å²) in [5.41, 5.74) is 8.42. The maximum atomic E-state index is 14.7. The van der Waals surface area contributed by atoms with Crippen molar-refractivity contribution >= 4 is 22.6 Å². The molecule has 10 heteroatoms. The van der Waals surface area contributed by atoms with Gasteiger partial charge in [0.15, 0.2) is 18.2 Å². The number of hydrogen-bond acceptors (Lipinski definition) is 8. The second-order valence-corrected chi connectivity index (χ2v) is 8.82. The number of halogens is 1. The van der Waals surface area contributed by atoms with Crippen LogP contribution < -0.4 is 25.8 Å². The van der Waals surface area contributed by atoms with Gasteiger partial charge in [-0.3, -0.25) is 4.79 Å². The molecule has 9 nitrogen and oxygen atoms in total. The zero-order valence-electron chi connectivity index (χ0n) is 19.4. The molecule has 0 bridgehead atoms. The van der Waals surface area contributed by atoms with Gasteiger partial charge in [0.1, 0.15) is 17.1 Å². The van der Waals surface area contributed by atoms with E-state index >= 15 is 0 Å². The first-order valence-electron chi connectivity index (χ1n) is 11.6. The Balaban J connectivity index is 1.17. The maximum absolute atomic E-state index is 14.7.